The number of ether oxygens (including phenoxy) is 2. The van der Waals surface area contributed by atoms with Crippen molar-refractivity contribution in [2.24, 2.45) is 0 Å². The largest absolute Gasteiger partial charge is 0.497 e. The number of anilines is 1. The number of thiophene rings is 1. The molecule has 0 radical (unpaired) electrons. The summed E-state index contributed by atoms with van der Waals surface area (Å²) < 4.78 is 13.5. The van der Waals surface area contributed by atoms with Crippen molar-refractivity contribution in [1.29, 1.82) is 0 Å². The molecule has 1 aliphatic heterocycles. The normalized spacial score (nSPS) is 13.4. The van der Waals surface area contributed by atoms with Crippen LogP contribution in [-0.4, -0.2) is 19.7 Å². The molecule has 0 saturated carbocycles. The van der Waals surface area contributed by atoms with Crippen LogP contribution in [0.3, 0.4) is 0 Å². The molecule has 0 saturated heterocycles. The predicted molar refractivity (Wildman–Crippen MR) is 90.3 cm³/mol. The number of esters is 1. The van der Waals surface area contributed by atoms with Crippen molar-refractivity contribution in [2.75, 3.05) is 18.0 Å². The fourth-order valence-corrected chi connectivity index (χ4v) is 4.11. The van der Waals surface area contributed by atoms with E-state index in [1.165, 1.54) is 11.9 Å². The number of hydrogen-bond donors (Lipinski definition) is 0. The maximum Gasteiger partial charge on any atom is 0.355 e. The Kier molecular flexibility index (Phi) is 4.40. The van der Waals surface area contributed by atoms with E-state index in [0.717, 1.165) is 21.2 Å². The van der Waals surface area contributed by atoms with Gasteiger partial charge in [-0.25, -0.2) is 4.79 Å². The number of rotatable bonds is 4. The van der Waals surface area contributed by atoms with E-state index in [4.69, 9.17) is 9.47 Å². The van der Waals surface area contributed by atoms with Crippen molar-refractivity contribution >= 4 is 41.0 Å². The number of methoxy groups -OCH3 is 1. The number of hydrogen-bond acceptors (Lipinski definition) is 6. The lowest BCUT2D eigenvalue weighted by molar-refractivity contribution is -0.138. The maximum absolute atomic E-state index is 12.3. The van der Waals surface area contributed by atoms with E-state index in [2.05, 4.69) is 0 Å². The van der Waals surface area contributed by atoms with Crippen LogP contribution in [0.4, 0.5) is 5.69 Å². The number of carbonyl (C=O) groups is 1. The summed E-state index contributed by atoms with van der Waals surface area (Å²) in [7, 11) is 1.63. The van der Waals surface area contributed by atoms with Crippen LogP contribution in [0, 0.1) is 0 Å². The fraction of sp³-hybridized carbons (Fsp3) is 0.188. The SMILES string of the molecule is CCOC(=O)C1=Cc2ccsc2SN1c1cccc(OC)c1. The zero-order valence-corrected chi connectivity index (χ0v) is 13.9. The lowest BCUT2D eigenvalue weighted by atomic mass is 10.2. The van der Waals surface area contributed by atoms with Crippen molar-refractivity contribution in [3.8, 4) is 5.75 Å². The highest BCUT2D eigenvalue weighted by atomic mass is 32.2. The minimum absolute atomic E-state index is 0.324. The van der Waals surface area contributed by atoms with Gasteiger partial charge in [0.15, 0.2) is 0 Å². The second kappa shape index (κ2) is 6.46. The van der Waals surface area contributed by atoms with Crippen LogP contribution in [0.15, 0.2) is 45.6 Å². The Bertz CT molecular complexity index is 724. The van der Waals surface area contributed by atoms with Crippen molar-refractivity contribution in [1.82, 2.24) is 0 Å². The minimum atomic E-state index is -0.324. The van der Waals surface area contributed by atoms with Crippen LogP contribution < -0.4 is 9.04 Å². The summed E-state index contributed by atoms with van der Waals surface area (Å²) >= 11 is 3.18. The van der Waals surface area contributed by atoms with E-state index in [9.17, 15) is 4.79 Å². The van der Waals surface area contributed by atoms with Crippen LogP contribution >= 0.6 is 23.3 Å². The zero-order chi connectivity index (χ0) is 15.5. The highest BCUT2D eigenvalue weighted by Crippen LogP contribution is 2.43. The van der Waals surface area contributed by atoms with Crippen molar-refractivity contribution in [3.05, 3.63) is 47.0 Å². The number of carbonyl (C=O) groups excluding carboxylic acids is 1. The molecule has 0 atom stereocenters. The molecule has 6 heteroatoms. The molecule has 1 aromatic carbocycles. The van der Waals surface area contributed by atoms with E-state index in [1.54, 1.807) is 25.4 Å². The first-order valence-corrected chi connectivity index (χ1v) is 8.46. The van der Waals surface area contributed by atoms with Gasteiger partial charge >= 0.3 is 5.97 Å². The molecule has 22 heavy (non-hydrogen) atoms. The van der Waals surface area contributed by atoms with E-state index in [1.807, 2.05) is 46.1 Å². The summed E-state index contributed by atoms with van der Waals surface area (Å²) in [5, 5.41) is 2.02. The fourth-order valence-electron chi connectivity index (χ4n) is 2.10. The Balaban J connectivity index is 2.02. The first-order valence-electron chi connectivity index (χ1n) is 6.81. The third-order valence-corrected chi connectivity index (χ3v) is 5.34. The molecule has 0 N–H and O–H groups in total. The van der Waals surface area contributed by atoms with Gasteiger partial charge in [-0.3, -0.25) is 4.31 Å². The summed E-state index contributed by atoms with van der Waals surface area (Å²) in [4.78, 5) is 12.3. The summed E-state index contributed by atoms with van der Waals surface area (Å²) in [6, 6.07) is 9.64. The molecule has 3 rings (SSSR count). The highest BCUT2D eigenvalue weighted by Gasteiger charge is 2.27. The van der Waals surface area contributed by atoms with Crippen LogP contribution in [0.1, 0.15) is 12.5 Å². The van der Waals surface area contributed by atoms with Crippen LogP contribution in [-0.2, 0) is 9.53 Å². The van der Waals surface area contributed by atoms with Crippen molar-refractivity contribution in [3.63, 3.8) is 0 Å². The van der Waals surface area contributed by atoms with Crippen LogP contribution in [0.5, 0.6) is 5.75 Å². The molecule has 1 aromatic heterocycles. The molecule has 0 unspecified atom stereocenters. The molecule has 1 aliphatic rings. The van der Waals surface area contributed by atoms with Gasteiger partial charge in [0, 0.05) is 23.6 Å². The van der Waals surface area contributed by atoms with Gasteiger partial charge in [-0.1, -0.05) is 6.07 Å². The van der Waals surface area contributed by atoms with E-state index < -0.39 is 0 Å². The lowest BCUT2D eigenvalue weighted by Gasteiger charge is -2.27. The zero-order valence-electron chi connectivity index (χ0n) is 12.2. The molecule has 0 bridgehead atoms. The lowest BCUT2D eigenvalue weighted by Crippen LogP contribution is -2.24. The summed E-state index contributed by atoms with van der Waals surface area (Å²) in [5.41, 5.74) is 2.45. The molecule has 0 amide bonds. The van der Waals surface area contributed by atoms with Gasteiger partial charge in [0.2, 0.25) is 0 Å². The number of benzene rings is 1. The van der Waals surface area contributed by atoms with Gasteiger partial charge in [0.25, 0.3) is 0 Å². The average Bonchev–Trinajstić information content (AvgIpc) is 3.01. The van der Waals surface area contributed by atoms with Crippen LogP contribution in [0.2, 0.25) is 0 Å². The first-order chi connectivity index (χ1) is 10.7. The second-order valence-electron chi connectivity index (χ2n) is 4.50. The third-order valence-electron chi connectivity index (χ3n) is 3.12. The summed E-state index contributed by atoms with van der Waals surface area (Å²) in [5.74, 6) is 0.424. The number of fused-ring (bicyclic) bond motifs is 1. The molecule has 0 spiro atoms. The van der Waals surface area contributed by atoms with Gasteiger partial charge in [0.05, 0.1) is 23.6 Å². The molecule has 114 valence electrons. The Morgan fingerprint density at radius 1 is 1.32 bits per heavy atom. The van der Waals surface area contributed by atoms with Gasteiger partial charge < -0.3 is 9.47 Å². The van der Waals surface area contributed by atoms with Gasteiger partial charge in [0.1, 0.15) is 11.4 Å². The van der Waals surface area contributed by atoms with Crippen molar-refractivity contribution < 1.29 is 14.3 Å². The Morgan fingerprint density at radius 3 is 2.95 bits per heavy atom. The Hall–Kier alpha value is -1.92. The van der Waals surface area contributed by atoms with Gasteiger partial charge in [-0.2, -0.15) is 0 Å². The second-order valence-corrected chi connectivity index (χ2v) is 6.63. The first kappa shape index (κ1) is 15.0. The summed E-state index contributed by atoms with van der Waals surface area (Å²) in [6.07, 6.45) is 1.87. The quantitative estimate of drug-likeness (QED) is 0.620. The Morgan fingerprint density at radius 2 is 2.18 bits per heavy atom. The Labute approximate surface area is 137 Å². The third kappa shape index (κ3) is 2.84. The molecule has 2 heterocycles. The molecular formula is C16H15NO3S2. The molecule has 4 nitrogen and oxygen atoms in total. The maximum atomic E-state index is 12.3. The van der Waals surface area contributed by atoms with E-state index in [-0.39, 0.29) is 5.97 Å². The topological polar surface area (TPSA) is 38.8 Å². The molecular weight excluding hydrogens is 318 g/mol. The molecule has 0 fully saturated rings. The van der Waals surface area contributed by atoms with E-state index >= 15 is 0 Å². The monoisotopic (exact) mass is 333 g/mol. The van der Waals surface area contributed by atoms with Crippen LogP contribution in [0.25, 0.3) is 6.08 Å². The smallest absolute Gasteiger partial charge is 0.355 e. The van der Waals surface area contributed by atoms with E-state index in [0.29, 0.717) is 12.3 Å². The molecule has 0 aliphatic carbocycles. The molecule has 2 aromatic rings. The average molecular weight is 333 g/mol. The van der Waals surface area contributed by atoms with Crippen molar-refractivity contribution in [2.45, 2.75) is 11.1 Å². The van der Waals surface area contributed by atoms with Gasteiger partial charge in [-0.05, 0) is 36.6 Å². The summed E-state index contributed by atoms with van der Waals surface area (Å²) in [6.45, 7) is 2.16. The predicted octanol–water partition coefficient (Wildman–Crippen LogP) is 4.19. The number of nitrogens with zero attached hydrogens (tertiary/aromatic N) is 1. The highest BCUT2D eigenvalue weighted by molar-refractivity contribution is 8.02. The van der Waals surface area contributed by atoms with Gasteiger partial charge in [-0.15, -0.1) is 11.3 Å². The minimum Gasteiger partial charge on any atom is -0.497 e. The standard InChI is InChI=1S/C16H15NO3S2/c1-3-20-15(18)14-9-11-7-8-21-16(11)22-17(14)12-5-4-6-13(10-12)19-2/h4-10H,3H2,1-2H3.